The van der Waals surface area contributed by atoms with E-state index in [9.17, 15) is 13.2 Å². The lowest BCUT2D eigenvalue weighted by atomic mass is 9.87. The van der Waals surface area contributed by atoms with Crippen molar-refractivity contribution in [1.29, 1.82) is 0 Å². The Bertz CT molecular complexity index is 845. The average Bonchev–Trinajstić information content (AvgIpc) is 2.74. The van der Waals surface area contributed by atoms with E-state index in [4.69, 9.17) is 4.74 Å². The topological polar surface area (TPSA) is 66.9 Å². The molecule has 0 atom stereocenters. The first-order chi connectivity index (χ1) is 15.0. The van der Waals surface area contributed by atoms with Crippen LogP contribution in [0.3, 0.4) is 0 Å². The lowest BCUT2D eigenvalue weighted by Crippen LogP contribution is -2.41. The molecule has 2 saturated heterocycles. The van der Waals surface area contributed by atoms with Crippen molar-refractivity contribution in [2.24, 2.45) is 11.8 Å². The zero-order valence-electron chi connectivity index (χ0n) is 20.2. The molecule has 7 heteroatoms. The number of nitrogens with zero attached hydrogens (tertiary/aromatic N) is 2. The van der Waals surface area contributed by atoms with Crippen molar-refractivity contribution in [2.75, 3.05) is 26.2 Å². The summed E-state index contributed by atoms with van der Waals surface area (Å²) in [5, 5.41) is 0. The van der Waals surface area contributed by atoms with Gasteiger partial charge in [-0.1, -0.05) is 37.0 Å². The molecule has 0 bridgehead atoms. The van der Waals surface area contributed by atoms with Gasteiger partial charge in [0.25, 0.3) is 0 Å². The molecule has 0 N–H and O–H groups in total. The van der Waals surface area contributed by atoms with E-state index < -0.39 is 15.6 Å². The van der Waals surface area contributed by atoms with Crippen LogP contribution in [0.25, 0.3) is 0 Å². The second-order valence-corrected chi connectivity index (χ2v) is 12.4. The molecule has 0 spiro atoms. The van der Waals surface area contributed by atoms with Crippen LogP contribution in [0.2, 0.25) is 0 Å². The minimum Gasteiger partial charge on any atom is -0.444 e. The third-order valence-corrected chi connectivity index (χ3v) is 8.64. The Morgan fingerprint density at radius 2 is 1.44 bits per heavy atom. The molecule has 180 valence electrons. The summed E-state index contributed by atoms with van der Waals surface area (Å²) in [7, 11) is -3.37. The first-order valence-corrected chi connectivity index (χ1v) is 13.5. The maximum Gasteiger partial charge on any atom is 0.410 e. The highest BCUT2D eigenvalue weighted by Crippen LogP contribution is 2.29. The van der Waals surface area contributed by atoms with Crippen LogP contribution >= 0.6 is 0 Å². The van der Waals surface area contributed by atoms with E-state index in [0.717, 1.165) is 44.3 Å². The summed E-state index contributed by atoms with van der Waals surface area (Å²) >= 11 is 0. The summed E-state index contributed by atoms with van der Waals surface area (Å²) in [4.78, 5) is 14.4. The Balaban J connectivity index is 1.35. The Hall–Kier alpha value is -1.60. The van der Waals surface area contributed by atoms with Crippen molar-refractivity contribution < 1.29 is 17.9 Å². The van der Waals surface area contributed by atoms with Gasteiger partial charge in [-0.15, -0.1) is 0 Å². The quantitative estimate of drug-likeness (QED) is 0.579. The van der Waals surface area contributed by atoms with Gasteiger partial charge < -0.3 is 9.64 Å². The fourth-order valence-corrected chi connectivity index (χ4v) is 6.19. The number of benzene rings is 1. The van der Waals surface area contributed by atoms with Crippen molar-refractivity contribution in [3.8, 4) is 0 Å². The summed E-state index contributed by atoms with van der Waals surface area (Å²) < 4.78 is 32.9. The third kappa shape index (κ3) is 6.95. The molecule has 0 aliphatic carbocycles. The van der Waals surface area contributed by atoms with Gasteiger partial charge >= 0.3 is 6.09 Å². The fraction of sp³-hybridized carbons (Fsp3) is 0.720. The van der Waals surface area contributed by atoms with Gasteiger partial charge in [0, 0.05) is 26.2 Å². The van der Waals surface area contributed by atoms with Gasteiger partial charge in [-0.2, -0.15) is 4.31 Å². The summed E-state index contributed by atoms with van der Waals surface area (Å²) in [6.07, 6.45) is 7.35. The van der Waals surface area contributed by atoms with Crippen molar-refractivity contribution in [2.45, 2.75) is 83.1 Å². The molecule has 1 aromatic carbocycles. The van der Waals surface area contributed by atoms with E-state index in [1.54, 1.807) is 16.4 Å². The van der Waals surface area contributed by atoms with Crippen LogP contribution in [0, 0.1) is 18.8 Å². The molecule has 0 aromatic heterocycles. The van der Waals surface area contributed by atoms with Gasteiger partial charge in [-0.25, -0.2) is 13.2 Å². The van der Waals surface area contributed by atoms with E-state index in [2.05, 4.69) is 0 Å². The second-order valence-electron chi connectivity index (χ2n) is 10.5. The van der Waals surface area contributed by atoms with Crippen LogP contribution in [-0.4, -0.2) is 55.5 Å². The molecule has 3 rings (SSSR count). The van der Waals surface area contributed by atoms with E-state index in [0.29, 0.717) is 29.8 Å². The summed E-state index contributed by atoms with van der Waals surface area (Å²) in [6, 6.07) is 7.14. The largest absolute Gasteiger partial charge is 0.444 e. The smallest absolute Gasteiger partial charge is 0.410 e. The number of amides is 1. The van der Waals surface area contributed by atoms with Gasteiger partial charge in [-0.05, 0) is 77.3 Å². The molecule has 32 heavy (non-hydrogen) atoms. The molecular formula is C25H40N2O4S. The van der Waals surface area contributed by atoms with Gasteiger partial charge in [-0.3, -0.25) is 0 Å². The lowest BCUT2D eigenvalue weighted by Gasteiger charge is -2.34. The molecule has 2 aliphatic rings. The van der Waals surface area contributed by atoms with Crippen molar-refractivity contribution in [1.82, 2.24) is 9.21 Å². The number of hydrogen-bond donors (Lipinski definition) is 0. The molecule has 2 fully saturated rings. The number of carbonyl (C=O) groups is 1. The molecule has 0 unspecified atom stereocenters. The molecule has 1 aromatic rings. The number of carbonyl (C=O) groups excluding carboxylic acids is 1. The SMILES string of the molecule is Cc1ccc(S(=O)(=O)N2CCC(CCCC3CCN(C(=O)OC(C)(C)C)CC3)CC2)cc1. The van der Waals surface area contributed by atoms with E-state index in [-0.39, 0.29) is 6.09 Å². The predicted molar refractivity (Wildman–Crippen MR) is 127 cm³/mol. The number of likely N-dealkylation sites (tertiary alicyclic amines) is 1. The maximum atomic E-state index is 12.9. The molecular weight excluding hydrogens is 424 g/mol. The maximum absolute atomic E-state index is 12.9. The highest BCUT2D eigenvalue weighted by Gasteiger charge is 2.30. The molecule has 0 radical (unpaired) electrons. The molecule has 0 saturated carbocycles. The van der Waals surface area contributed by atoms with E-state index >= 15 is 0 Å². The summed E-state index contributed by atoms with van der Waals surface area (Å²) in [5.41, 5.74) is 0.626. The molecule has 1 amide bonds. The number of piperidine rings is 2. The highest BCUT2D eigenvalue weighted by molar-refractivity contribution is 7.89. The molecule has 2 heterocycles. The van der Waals surface area contributed by atoms with E-state index in [1.165, 1.54) is 19.3 Å². The zero-order chi connectivity index (χ0) is 23.4. The van der Waals surface area contributed by atoms with Crippen LogP contribution in [0.1, 0.15) is 71.3 Å². The summed E-state index contributed by atoms with van der Waals surface area (Å²) in [5.74, 6) is 1.29. The first-order valence-electron chi connectivity index (χ1n) is 12.1. The predicted octanol–water partition coefficient (Wildman–Crippen LogP) is 5.21. The van der Waals surface area contributed by atoms with E-state index in [1.807, 2.05) is 44.7 Å². The third-order valence-electron chi connectivity index (χ3n) is 6.72. The Morgan fingerprint density at radius 3 is 1.94 bits per heavy atom. The Kier molecular flexibility index (Phi) is 8.26. The molecule has 6 nitrogen and oxygen atoms in total. The van der Waals surface area contributed by atoms with Gasteiger partial charge in [0.2, 0.25) is 10.0 Å². The van der Waals surface area contributed by atoms with Gasteiger partial charge in [0.1, 0.15) is 5.60 Å². The van der Waals surface area contributed by atoms with Gasteiger partial charge in [0.05, 0.1) is 4.90 Å². The van der Waals surface area contributed by atoms with Crippen LogP contribution in [-0.2, 0) is 14.8 Å². The normalized spacial score (nSPS) is 19.8. The van der Waals surface area contributed by atoms with Crippen LogP contribution in [0.15, 0.2) is 29.2 Å². The van der Waals surface area contributed by atoms with Crippen molar-refractivity contribution in [3.05, 3.63) is 29.8 Å². The highest BCUT2D eigenvalue weighted by atomic mass is 32.2. The van der Waals surface area contributed by atoms with Gasteiger partial charge in [0.15, 0.2) is 0 Å². The molecule has 2 aliphatic heterocycles. The fourth-order valence-electron chi connectivity index (χ4n) is 4.72. The average molecular weight is 465 g/mol. The number of ether oxygens (including phenoxy) is 1. The van der Waals surface area contributed by atoms with Crippen molar-refractivity contribution >= 4 is 16.1 Å². The second kappa shape index (κ2) is 10.6. The summed E-state index contributed by atoms with van der Waals surface area (Å²) in [6.45, 7) is 10.5. The Labute approximate surface area is 194 Å². The van der Waals surface area contributed by atoms with Crippen LogP contribution in [0.4, 0.5) is 4.79 Å². The minimum absolute atomic E-state index is 0.191. The minimum atomic E-state index is -3.37. The van der Waals surface area contributed by atoms with Crippen LogP contribution < -0.4 is 0 Å². The number of sulfonamides is 1. The number of hydrogen-bond acceptors (Lipinski definition) is 4. The number of rotatable bonds is 6. The number of aryl methyl sites for hydroxylation is 1. The zero-order valence-corrected chi connectivity index (χ0v) is 21.0. The standard InChI is InChI=1S/C25H40N2O4S/c1-20-8-10-23(11-9-20)32(29,30)27-18-14-22(15-19-27)7-5-6-21-12-16-26(17-13-21)24(28)31-25(2,3)4/h8-11,21-22H,5-7,12-19H2,1-4H3. The van der Waals surface area contributed by atoms with Crippen LogP contribution in [0.5, 0.6) is 0 Å². The lowest BCUT2D eigenvalue weighted by molar-refractivity contribution is 0.0180. The first kappa shape index (κ1) is 25.0. The Morgan fingerprint density at radius 1 is 0.938 bits per heavy atom. The van der Waals surface area contributed by atoms with Crippen molar-refractivity contribution in [3.63, 3.8) is 0 Å². The monoisotopic (exact) mass is 464 g/mol.